The van der Waals surface area contributed by atoms with Gasteiger partial charge in [-0.05, 0) is 45.9 Å². The fourth-order valence-corrected chi connectivity index (χ4v) is 2.23. The molecule has 6 nitrogen and oxygen atoms in total. The van der Waals surface area contributed by atoms with Crippen LogP contribution in [0.4, 0.5) is 4.79 Å². The normalized spacial score (nSPS) is 14.6. The monoisotopic (exact) mass is 1280 g/mol. The molecule has 2 rings (SSSR count). The molecule has 1 atom stereocenters. The van der Waals surface area contributed by atoms with Crippen molar-refractivity contribution in [1.82, 2.24) is 9.80 Å². The number of amides is 2. The molecule has 2 fully saturated rings. The first-order valence-corrected chi connectivity index (χ1v) is 40.5. The maximum absolute atomic E-state index is 11.0. The van der Waals surface area contributed by atoms with Crippen LogP contribution in [0.15, 0.2) is 0 Å². The topological polar surface area (TPSA) is 72.0 Å². The van der Waals surface area contributed by atoms with Gasteiger partial charge in [0.1, 0.15) is 0 Å². The van der Waals surface area contributed by atoms with Gasteiger partial charge in [0.25, 0.3) is 0 Å². The number of carbonyl (C=O) groups is 1. The van der Waals surface area contributed by atoms with Gasteiger partial charge in [0.05, 0.1) is 0 Å². The van der Waals surface area contributed by atoms with E-state index in [1.54, 1.807) is 4.90 Å². The van der Waals surface area contributed by atoms with Crippen molar-refractivity contribution >= 4 is 54.5 Å². The standard InChI is InChI=1S/C7H15N2O.C7H14N2O.6C4H11Si.CH4.3CH3.2Na.2Ta/c2*1-7(2,3)9-5-4-8-6(9)10;6*1-5(2,3)4;;;;;;;;/h6,10H,4-5H2,1-3H3;4-5H2,1-3H3,(H,8,10);6*1H2,2-4H3;1H4;3*1H3;;;;/q-1;;6*-1;;3*-1;2*+1;;+5/p-1. The van der Waals surface area contributed by atoms with E-state index in [9.17, 15) is 9.90 Å². The van der Waals surface area contributed by atoms with E-state index in [1.165, 1.54) is 0 Å². The van der Waals surface area contributed by atoms with Gasteiger partial charge in [-0.25, -0.2) is 0 Å². The molecule has 0 saturated carbocycles. The molecular formula is C42H107N4Na2O2Si6Ta2-4. The third-order valence-corrected chi connectivity index (χ3v) is 3.39. The third-order valence-electron chi connectivity index (χ3n) is 3.39. The summed E-state index contributed by atoms with van der Waals surface area (Å²) in [6.45, 7) is 78.7. The van der Waals surface area contributed by atoms with E-state index < -0.39 is 54.8 Å². The Balaban J connectivity index is -0.0000000319. The molecule has 1 N–H and O–H groups in total. The second kappa shape index (κ2) is 44.8. The van der Waals surface area contributed by atoms with Gasteiger partial charge in [-0.1, -0.05) is 146 Å². The van der Waals surface area contributed by atoms with E-state index >= 15 is 0 Å². The van der Waals surface area contributed by atoms with Crippen molar-refractivity contribution in [3.63, 3.8) is 0 Å². The van der Waals surface area contributed by atoms with Crippen LogP contribution in [0.25, 0.3) is 10.6 Å². The van der Waals surface area contributed by atoms with Gasteiger partial charge in [0.2, 0.25) is 0 Å². The molecule has 16 heteroatoms. The summed E-state index contributed by atoms with van der Waals surface area (Å²) in [4.78, 5) is 14.7. The number of urea groups is 1. The molecule has 1 unspecified atom stereocenters. The van der Waals surface area contributed by atoms with E-state index in [-0.39, 0.29) is 151 Å². The number of aliphatic hydroxyl groups is 1. The molecule has 2 aliphatic heterocycles. The van der Waals surface area contributed by atoms with E-state index in [0.29, 0.717) is 6.54 Å². The summed E-state index contributed by atoms with van der Waals surface area (Å²) < 4.78 is 0. The van der Waals surface area contributed by atoms with Crippen LogP contribution >= 0.6 is 0 Å². The molecule has 2 aliphatic rings. The molecule has 0 aromatic carbocycles. The fourth-order valence-electron chi connectivity index (χ4n) is 2.23. The molecule has 0 aromatic rings. The predicted octanol–water partition coefficient (Wildman–Crippen LogP) is 8.52. The van der Waals surface area contributed by atoms with Gasteiger partial charge in [-0.3, -0.25) is 9.69 Å². The molecule has 0 bridgehead atoms. The summed E-state index contributed by atoms with van der Waals surface area (Å²) in [6, 6.07) is -0.0625. The zero-order valence-electron chi connectivity index (χ0n) is 44.7. The molecule has 0 aliphatic carbocycles. The van der Waals surface area contributed by atoms with Gasteiger partial charge in [-0.2, -0.15) is 0 Å². The van der Waals surface area contributed by atoms with Crippen LogP contribution in [0, 0.1) is 61.6 Å². The second-order valence-corrected chi connectivity index (χ2v) is 53.2. The number of carbonyl (C=O) groups excluding carboxylic acids is 1. The second-order valence-electron chi connectivity index (χ2n) is 22.5. The average molecular weight is 1280 g/mol. The summed E-state index contributed by atoms with van der Waals surface area (Å²) in [5.74, 6) is 0. The van der Waals surface area contributed by atoms with Crippen molar-refractivity contribution in [2.75, 3.05) is 26.2 Å². The SMILES string of the molecule is C.CC(C)(C)N1CC[N-]C1=O.CC(C)(C)N1CC[N-]C1O.[CH2-][Si](C)(C)C.[CH2-][Si](C)(C)C.[CH2-][Si](C)(C)C.[CH2-][Si](C)(C)C.[CH2-][Si](C)(C)C.[CH2-][Si](C)(C)C.[CH3-].[CH3-].[CH3-].[Na+].[Na+].[Ta+5].[Ta]. The van der Waals surface area contributed by atoms with Gasteiger partial charge in [-0.15, -0.1) is 55.0 Å². The van der Waals surface area contributed by atoms with Crippen molar-refractivity contribution in [1.29, 1.82) is 0 Å². The summed E-state index contributed by atoms with van der Waals surface area (Å²) in [7, 11) is -5.17. The zero-order valence-corrected chi connectivity index (χ0v) is 61.1. The average Bonchev–Trinajstić information content (AvgIpc) is 3.28. The molecule has 2 amide bonds. The molecule has 347 valence electrons. The van der Waals surface area contributed by atoms with E-state index in [2.05, 4.69) is 189 Å². The Labute approximate surface area is 455 Å². The Morgan fingerprint density at radius 1 is 0.534 bits per heavy atom. The number of nitrogens with zero attached hydrogens (tertiary/aromatic N) is 4. The number of hydrogen-bond donors (Lipinski definition) is 1. The summed E-state index contributed by atoms with van der Waals surface area (Å²) in [5, 5.41) is 17.0. The minimum atomic E-state index is -0.861. The Morgan fingerprint density at radius 2 is 0.741 bits per heavy atom. The first-order chi connectivity index (χ1) is 21.0. The van der Waals surface area contributed by atoms with Crippen LogP contribution in [0.5, 0.6) is 0 Å². The van der Waals surface area contributed by atoms with Crippen molar-refractivity contribution < 1.29 is 114 Å². The Hall–Kier alpha value is 3.93. The van der Waals surface area contributed by atoms with Gasteiger partial charge < -0.3 is 82.2 Å². The fraction of sp³-hybridized carbons (Fsp3) is 0.762. The molecule has 0 spiro atoms. The number of hydrogen-bond acceptors (Lipinski definition) is 3. The number of rotatable bonds is 0. The van der Waals surface area contributed by atoms with E-state index in [4.69, 9.17) is 0 Å². The summed E-state index contributed by atoms with van der Waals surface area (Å²) in [5.41, 5.74) is -0.0174. The van der Waals surface area contributed by atoms with Crippen molar-refractivity contribution in [2.45, 2.75) is 184 Å². The predicted molar refractivity (Wildman–Crippen MR) is 279 cm³/mol. The van der Waals surface area contributed by atoms with E-state index in [1.807, 2.05) is 25.7 Å². The summed E-state index contributed by atoms with van der Waals surface area (Å²) in [6.07, 6.45) is -0.569. The molecular weight excluding hydrogens is 1170 g/mol. The molecule has 2 saturated heterocycles. The molecule has 1 radical (unpaired) electrons. The Bertz CT molecular complexity index is 718. The Morgan fingerprint density at radius 3 is 0.810 bits per heavy atom. The van der Waals surface area contributed by atoms with Gasteiger partial charge in [0, 0.05) is 34.3 Å². The van der Waals surface area contributed by atoms with Crippen molar-refractivity contribution in [2.24, 2.45) is 0 Å². The minimum Gasteiger partial charge on any atom is -0.623 e. The van der Waals surface area contributed by atoms with Crippen molar-refractivity contribution in [3.05, 3.63) is 72.2 Å². The number of aliphatic hydroxyl groups excluding tert-OH is 1. The van der Waals surface area contributed by atoms with Gasteiger partial charge >= 0.3 is 81.5 Å². The summed E-state index contributed by atoms with van der Waals surface area (Å²) >= 11 is 0. The third kappa shape index (κ3) is 161. The largest absolute Gasteiger partial charge is 5.00 e. The maximum Gasteiger partial charge on any atom is 5.00 e. The first-order valence-electron chi connectivity index (χ1n) is 18.3. The first kappa shape index (κ1) is 100. The quantitative estimate of drug-likeness (QED) is 0.196. The van der Waals surface area contributed by atoms with Crippen LogP contribution in [-0.4, -0.2) is 113 Å². The van der Waals surface area contributed by atoms with Crippen LogP contribution in [0.2, 0.25) is 118 Å². The van der Waals surface area contributed by atoms with Crippen LogP contribution in [-0.2, 0) is 44.8 Å². The molecule has 2 heterocycles. The van der Waals surface area contributed by atoms with E-state index in [0.717, 1.165) is 19.6 Å². The molecule has 0 aromatic heterocycles. The van der Waals surface area contributed by atoms with Crippen LogP contribution in [0.1, 0.15) is 49.0 Å². The van der Waals surface area contributed by atoms with Crippen LogP contribution in [0.3, 0.4) is 0 Å². The minimum absolute atomic E-state index is 0. The molecule has 58 heavy (non-hydrogen) atoms. The van der Waals surface area contributed by atoms with Crippen molar-refractivity contribution in [3.8, 4) is 0 Å². The zero-order chi connectivity index (χ0) is 42.6. The smallest absolute Gasteiger partial charge is 0.623 e. The van der Waals surface area contributed by atoms with Gasteiger partial charge in [0.15, 0.2) is 6.03 Å². The Kier molecular flexibility index (Phi) is 77.2. The maximum atomic E-state index is 11.0. The van der Waals surface area contributed by atoms with Crippen LogP contribution < -0.4 is 59.1 Å².